The van der Waals surface area contributed by atoms with E-state index in [9.17, 15) is 4.79 Å². The van der Waals surface area contributed by atoms with E-state index in [2.05, 4.69) is 77.1 Å². The third-order valence-corrected chi connectivity index (χ3v) is 11.9. The van der Waals surface area contributed by atoms with Gasteiger partial charge in [-0.15, -0.1) is 0 Å². The first-order valence-electron chi connectivity index (χ1n) is 14.2. The predicted molar refractivity (Wildman–Crippen MR) is 158 cm³/mol. The molecule has 0 heterocycles. The van der Waals surface area contributed by atoms with E-state index in [-0.39, 0.29) is 6.10 Å². The first-order valence-corrected chi connectivity index (χ1v) is 16.7. The summed E-state index contributed by atoms with van der Waals surface area (Å²) in [6.07, 6.45) is 19.1. The van der Waals surface area contributed by atoms with Gasteiger partial charge in [-0.1, -0.05) is 101 Å². The Balaban J connectivity index is 2.25. The quantitative estimate of drug-likeness (QED) is 0.0541. The van der Waals surface area contributed by atoms with Gasteiger partial charge in [0.1, 0.15) is 6.29 Å². The monoisotopic (exact) mass is 512 g/mol. The molecule has 4 heteroatoms. The summed E-state index contributed by atoms with van der Waals surface area (Å²) in [5.74, 6) is 0.747. The summed E-state index contributed by atoms with van der Waals surface area (Å²) in [6, 6.07) is 13.8. The highest BCUT2D eigenvalue weighted by Gasteiger charge is 2.31. The third kappa shape index (κ3) is 14.7. The van der Waals surface area contributed by atoms with E-state index < -0.39 is 8.32 Å². The molecule has 0 aliphatic heterocycles. The van der Waals surface area contributed by atoms with E-state index in [0.29, 0.717) is 0 Å². The van der Waals surface area contributed by atoms with Crippen LogP contribution < -0.4 is 0 Å². The molecule has 0 aliphatic rings. The summed E-state index contributed by atoms with van der Waals surface area (Å²) in [5, 5.41) is 0. The Hall–Kier alpha value is -1.75. The van der Waals surface area contributed by atoms with Gasteiger partial charge in [0, 0.05) is 6.61 Å². The van der Waals surface area contributed by atoms with Crippen LogP contribution >= 0.6 is 0 Å². The minimum Gasteiger partial charge on any atom is -0.411 e. The van der Waals surface area contributed by atoms with E-state index >= 15 is 0 Å². The van der Waals surface area contributed by atoms with Crippen LogP contribution in [-0.2, 0) is 20.6 Å². The number of carbonyl (C=O) groups is 1. The summed E-state index contributed by atoms with van der Waals surface area (Å²) in [5.41, 5.74) is 2.61. The van der Waals surface area contributed by atoms with Crippen LogP contribution in [0.15, 0.2) is 66.3 Å². The molecule has 1 aromatic rings. The Bertz CT molecular complexity index is 757. The Morgan fingerprint density at radius 3 is 2.36 bits per heavy atom. The number of benzene rings is 1. The molecule has 0 saturated carbocycles. The number of allylic oxidation sites excluding steroid dienone is 5. The van der Waals surface area contributed by atoms with Gasteiger partial charge in [0.05, 0.1) is 12.7 Å². The van der Waals surface area contributed by atoms with Crippen molar-refractivity contribution in [2.24, 2.45) is 5.92 Å². The van der Waals surface area contributed by atoms with Crippen LogP contribution in [0, 0.1) is 5.92 Å². The van der Waals surface area contributed by atoms with Crippen LogP contribution in [0.1, 0.15) is 85.1 Å². The molecule has 3 nitrogen and oxygen atoms in total. The summed E-state index contributed by atoms with van der Waals surface area (Å²) >= 11 is 0. The molecular weight excluding hydrogens is 460 g/mol. The fourth-order valence-corrected chi connectivity index (χ4v) is 7.29. The van der Waals surface area contributed by atoms with Gasteiger partial charge in [0.15, 0.2) is 8.32 Å². The van der Waals surface area contributed by atoms with E-state index in [4.69, 9.17) is 9.16 Å². The highest BCUT2D eigenvalue weighted by molar-refractivity contribution is 6.73. The van der Waals surface area contributed by atoms with Crippen LogP contribution in [0.3, 0.4) is 0 Å². The average Bonchev–Trinajstić information content (AvgIpc) is 2.91. The molecule has 1 aromatic carbocycles. The number of hydrogen-bond donors (Lipinski definition) is 0. The van der Waals surface area contributed by atoms with Crippen LogP contribution in [0.4, 0.5) is 0 Å². The molecule has 1 rings (SSSR count). The topological polar surface area (TPSA) is 35.5 Å². The SMILES string of the molecule is CC[Si](CC)(CC)O[C@H](/C=C/C=O)CC/C(C)=C/C=C/CC[C@@H](C)CCCCOCc1ccccc1. The molecule has 2 atom stereocenters. The number of hydrogen-bond acceptors (Lipinski definition) is 3. The van der Waals surface area contributed by atoms with E-state index in [1.807, 2.05) is 12.1 Å². The average molecular weight is 513 g/mol. The van der Waals surface area contributed by atoms with Crippen LogP contribution in [0.25, 0.3) is 0 Å². The molecule has 0 aliphatic carbocycles. The van der Waals surface area contributed by atoms with Crippen molar-refractivity contribution in [1.29, 1.82) is 0 Å². The van der Waals surface area contributed by atoms with Gasteiger partial charge in [-0.05, 0) is 74.7 Å². The summed E-state index contributed by atoms with van der Waals surface area (Å²) in [6.45, 7) is 12.9. The van der Waals surface area contributed by atoms with Crippen molar-refractivity contribution in [3.8, 4) is 0 Å². The zero-order valence-electron chi connectivity index (χ0n) is 23.7. The second-order valence-electron chi connectivity index (χ2n) is 10.1. The third-order valence-electron chi connectivity index (χ3n) is 7.25. The Morgan fingerprint density at radius 2 is 1.69 bits per heavy atom. The van der Waals surface area contributed by atoms with Crippen molar-refractivity contribution in [3.05, 3.63) is 71.8 Å². The lowest BCUT2D eigenvalue weighted by atomic mass is 9.98. The van der Waals surface area contributed by atoms with Gasteiger partial charge in [-0.3, -0.25) is 4.79 Å². The van der Waals surface area contributed by atoms with Gasteiger partial charge in [-0.25, -0.2) is 0 Å². The first kappa shape index (κ1) is 32.3. The molecule has 0 N–H and O–H groups in total. The van der Waals surface area contributed by atoms with Crippen LogP contribution in [0.5, 0.6) is 0 Å². The maximum Gasteiger partial charge on any atom is 0.192 e. The molecule has 36 heavy (non-hydrogen) atoms. The van der Waals surface area contributed by atoms with Gasteiger partial charge < -0.3 is 9.16 Å². The van der Waals surface area contributed by atoms with E-state index in [1.165, 1.54) is 30.4 Å². The lowest BCUT2D eigenvalue weighted by Crippen LogP contribution is -2.39. The van der Waals surface area contributed by atoms with E-state index in [1.54, 1.807) is 6.08 Å². The van der Waals surface area contributed by atoms with Crippen LogP contribution in [-0.4, -0.2) is 27.3 Å². The van der Waals surface area contributed by atoms with Crippen LogP contribution in [0.2, 0.25) is 18.1 Å². The minimum absolute atomic E-state index is 0.0404. The molecule has 0 fully saturated rings. The van der Waals surface area contributed by atoms with E-state index in [0.717, 1.165) is 69.2 Å². The van der Waals surface area contributed by atoms with Gasteiger partial charge in [-0.2, -0.15) is 0 Å². The molecule has 0 radical (unpaired) electrons. The lowest BCUT2D eigenvalue weighted by molar-refractivity contribution is -0.104. The van der Waals surface area contributed by atoms with Crippen molar-refractivity contribution < 1.29 is 14.0 Å². The molecule has 0 aromatic heterocycles. The van der Waals surface area contributed by atoms with Gasteiger partial charge in [0.25, 0.3) is 0 Å². The smallest absolute Gasteiger partial charge is 0.192 e. The number of aldehydes is 1. The van der Waals surface area contributed by atoms with Crippen molar-refractivity contribution in [2.75, 3.05) is 6.61 Å². The second-order valence-corrected chi connectivity index (χ2v) is 14.8. The highest BCUT2D eigenvalue weighted by atomic mass is 28.4. The van der Waals surface area contributed by atoms with Crippen molar-refractivity contribution in [3.63, 3.8) is 0 Å². The zero-order chi connectivity index (χ0) is 26.5. The second kappa shape index (κ2) is 20.3. The molecule has 202 valence electrons. The molecular formula is C32H52O3Si. The molecule has 0 unspecified atom stereocenters. The molecule has 0 amide bonds. The minimum atomic E-state index is -1.69. The van der Waals surface area contributed by atoms with Crippen molar-refractivity contribution in [1.82, 2.24) is 0 Å². The van der Waals surface area contributed by atoms with Crippen molar-refractivity contribution >= 4 is 14.6 Å². The van der Waals surface area contributed by atoms with Gasteiger partial charge in [0.2, 0.25) is 0 Å². The number of rotatable bonds is 21. The predicted octanol–water partition coefficient (Wildman–Crippen LogP) is 9.22. The number of unbranched alkanes of at least 4 members (excludes halogenated alkanes) is 1. The summed E-state index contributed by atoms with van der Waals surface area (Å²) in [4.78, 5) is 10.9. The summed E-state index contributed by atoms with van der Waals surface area (Å²) in [7, 11) is -1.69. The Kier molecular flexibility index (Phi) is 18.2. The highest BCUT2D eigenvalue weighted by Crippen LogP contribution is 2.26. The zero-order valence-corrected chi connectivity index (χ0v) is 24.7. The van der Waals surface area contributed by atoms with Crippen molar-refractivity contribution in [2.45, 2.75) is 110 Å². The molecule has 0 bridgehead atoms. The molecule has 0 spiro atoms. The fraction of sp³-hybridized carbons (Fsp3) is 0.594. The van der Waals surface area contributed by atoms with Gasteiger partial charge >= 0.3 is 0 Å². The maximum absolute atomic E-state index is 10.9. The standard InChI is InChI=1S/C32H52O3Si/c1-6-36(7-2,8-3)35-32(23-17-26-33)25-24-30(5)19-12-9-11-18-29(4)20-15-16-27-34-28-31-21-13-10-14-22-31/h9-10,12-14,17,19,21-23,26,29,32H,6-8,11,15-16,18,20,24-25,27-28H2,1-5H3/b12-9+,23-17+,30-19+/t29-,32-/m1/s1. The summed E-state index contributed by atoms with van der Waals surface area (Å²) < 4.78 is 12.4. The maximum atomic E-state index is 10.9. The molecule has 0 saturated heterocycles. The number of ether oxygens (including phenoxy) is 1. The lowest BCUT2D eigenvalue weighted by Gasteiger charge is -2.32. The first-order chi connectivity index (χ1) is 17.5. The fourth-order valence-electron chi connectivity index (χ4n) is 4.45. The Labute approximate surface area is 223 Å². The Morgan fingerprint density at radius 1 is 0.972 bits per heavy atom. The normalized spacial score (nSPS) is 14.5. The largest absolute Gasteiger partial charge is 0.411 e. The number of carbonyl (C=O) groups excluding carboxylic acids is 1.